The fraction of sp³-hybridized carbons (Fsp3) is 0.478. The molecule has 1 fully saturated rings. The number of amides is 1. The van der Waals surface area contributed by atoms with Crippen LogP contribution in [0.4, 0.5) is 5.82 Å². The van der Waals surface area contributed by atoms with E-state index < -0.39 is 5.60 Å². The Morgan fingerprint density at radius 1 is 1.29 bits per heavy atom. The minimum Gasteiger partial charge on any atom is -0.386 e. The first-order valence-corrected chi connectivity index (χ1v) is 10.9. The third-order valence-electron chi connectivity index (χ3n) is 5.99. The van der Waals surface area contributed by atoms with E-state index in [1.54, 1.807) is 30.5 Å². The molecule has 1 aliphatic rings. The van der Waals surface area contributed by atoms with Crippen molar-refractivity contribution >= 4 is 22.8 Å². The summed E-state index contributed by atoms with van der Waals surface area (Å²) in [5.41, 5.74) is 1.05. The van der Waals surface area contributed by atoms with Crippen molar-refractivity contribution < 1.29 is 9.90 Å². The molecule has 1 aliphatic heterocycles. The highest BCUT2D eigenvalue weighted by Gasteiger charge is 2.36. The number of nitrogens with zero attached hydrogens (tertiary/aromatic N) is 6. The SMILES string of the molecule is CCc1nc2ccccc2n1CCC(=O)N(C)CC1(O)CCCN(c2cnccn2)C1. The van der Waals surface area contributed by atoms with Crippen molar-refractivity contribution in [3.05, 3.63) is 48.7 Å². The highest BCUT2D eigenvalue weighted by Crippen LogP contribution is 2.25. The van der Waals surface area contributed by atoms with Crippen molar-refractivity contribution in [2.45, 2.75) is 44.8 Å². The highest BCUT2D eigenvalue weighted by atomic mass is 16.3. The van der Waals surface area contributed by atoms with Gasteiger partial charge in [-0.15, -0.1) is 0 Å². The Kier molecular flexibility index (Phi) is 6.18. The molecule has 1 aromatic carbocycles. The van der Waals surface area contributed by atoms with Crippen molar-refractivity contribution in [1.29, 1.82) is 0 Å². The number of hydrogen-bond acceptors (Lipinski definition) is 6. The Bertz CT molecular complexity index is 1040. The molecular weight excluding hydrogens is 392 g/mol. The van der Waals surface area contributed by atoms with Crippen LogP contribution in [-0.4, -0.2) is 67.7 Å². The molecule has 1 atom stereocenters. The Labute approximate surface area is 182 Å². The lowest BCUT2D eigenvalue weighted by Crippen LogP contribution is -2.55. The van der Waals surface area contributed by atoms with Crippen LogP contribution in [0.25, 0.3) is 11.0 Å². The number of aryl methyl sites for hydroxylation is 2. The van der Waals surface area contributed by atoms with E-state index in [1.165, 1.54) is 0 Å². The number of aromatic nitrogens is 4. The number of likely N-dealkylation sites (N-methyl/N-ethyl adjacent to an activating group) is 1. The number of aliphatic hydroxyl groups is 1. The van der Waals surface area contributed by atoms with Gasteiger partial charge in [0.15, 0.2) is 0 Å². The number of para-hydroxylation sites is 2. The zero-order valence-corrected chi connectivity index (χ0v) is 18.2. The fourth-order valence-corrected chi connectivity index (χ4v) is 4.46. The molecule has 3 heterocycles. The van der Waals surface area contributed by atoms with Crippen LogP contribution in [0.15, 0.2) is 42.9 Å². The summed E-state index contributed by atoms with van der Waals surface area (Å²) in [5.74, 6) is 1.76. The molecule has 0 radical (unpaired) electrons. The summed E-state index contributed by atoms with van der Waals surface area (Å²) in [4.78, 5) is 29.7. The van der Waals surface area contributed by atoms with Gasteiger partial charge in [-0.1, -0.05) is 19.1 Å². The molecular formula is C23H30N6O2. The van der Waals surface area contributed by atoms with Crippen molar-refractivity contribution in [3.63, 3.8) is 0 Å². The van der Waals surface area contributed by atoms with Crippen LogP contribution < -0.4 is 4.90 Å². The normalized spacial score (nSPS) is 19.0. The summed E-state index contributed by atoms with van der Waals surface area (Å²) < 4.78 is 2.13. The first-order valence-electron chi connectivity index (χ1n) is 10.9. The maximum absolute atomic E-state index is 12.9. The molecule has 164 valence electrons. The maximum Gasteiger partial charge on any atom is 0.224 e. The van der Waals surface area contributed by atoms with Gasteiger partial charge in [0.2, 0.25) is 5.91 Å². The van der Waals surface area contributed by atoms with Crippen LogP contribution in [-0.2, 0) is 17.8 Å². The number of hydrogen-bond donors (Lipinski definition) is 1. The largest absolute Gasteiger partial charge is 0.386 e. The maximum atomic E-state index is 12.9. The summed E-state index contributed by atoms with van der Waals surface area (Å²) in [6.07, 6.45) is 7.69. The predicted octanol–water partition coefficient (Wildman–Crippen LogP) is 2.27. The van der Waals surface area contributed by atoms with Gasteiger partial charge in [-0.2, -0.15) is 0 Å². The number of β-amino-alcohol motifs (C(OH)–C–C–N with tert-alkyl or cyclic N) is 1. The van der Waals surface area contributed by atoms with Crippen molar-refractivity contribution in [2.24, 2.45) is 0 Å². The average molecular weight is 423 g/mol. The Morgan fingerprint density at radius 2 is 2.13 bits per heavy atom. The molecule has 1 saturated heterocycles. The Morgan fingerprint density at radius 3 is 2.90 bits per heavy atom. The number of carbonyl (C=O) groups excluding carboxylic acids is 1. The molecule has 3 aromatic rings. The van der Waals surface area contributed by atoms with Crippen LogP contribution in [0.3, 0.4) is 0 Å². The molecule has 0 bridgehead atoms. The van der Waals surface area contributed by atoms with Gasteiger partial charge in [0.1, 0.15) is 11.6 Å². The van der Waals surface area contributed by atoms with Crippen LogP contribution in [0.5, 0.6) is 0 Å². The molecule has 1 amide bonds. The standard InChI is InChI=1S/C23H30N6O2/c1-3-20-26-18-7-4-5-8-19(18)29(20)14-9-22(30)27(2)16-23(31)10-6-13-28(17-23)21-15-24-11-12-25-21/h4-5,7-8,11-12,15,31H,3,6,9-10,13-14,16-17H2,1-2H3. The zero-order chi connectivity index (χ0) is 21.8. The van der Waals surface area contributed by atoms with Crippen LogP contribution in [0, 0.1) is 0 Å². The van der Waals surface area contributed by atoms with Gasteiger partial charge in [0.05, 0.1) is 29.4 Å². The summed E-state index contributed by atoms with van der Waals surface area (Å²) in [6, 6.07) is 8.02. The minimum absolute atomic E-state index is 0.0184. The van der Waals surface area contributed by atoms with E-state index in [9.17, 15) is 9.90 Å². The molecule has 0 spiro atoms. The summed E-state index contributed by atoms with van der Waals surface area (Å²) in [5, 5.41) is 11.2. The molecule has 4 rings (SSSR count). The molecule has 31 heavy (non-hydrogen) atoms. The smallest absolute Gasteiger partial charge is 0.224 e. The zero-order valence-electron chi connectivity index (χ0n) is 18.2. The monoisotopic (exact) mass is 422 g/mol. The van der Waals surface area contributed by atoms with E-state index in [4.69, 9.17) is 0 Å². The number of imidazole rings is 1. The fourth-order valence-electron chi connectivity index (χ4n) is 4.46. The van der Waals surface area contributed by atoms with Crippen molar-refractivity contribution in [3.8, 4) is 0 Å². The lowest BCUT2D eigenvalue weighted by Gasteiger charge is -2.41. The first-order chi connectivity index (χ1) is 15.0. The van der Waals surface area contributed by atoms with E-state index >= 15 is 0 Å². The van der Waals surface area contributed by atoms with Crippen molar-refractivity contribution in [1.82, 2.24) is 24.4 Å². The van der Waals surface area contributed by atoms with E-state index in [1.807, 2.05) is 29.2 Å². The van der Waals surface area contributed by atoms with Gasteiger partial charge in [0.25, 0.3) is 0 Å². The van der Waals surface area contributed by atoms with Crippen LogP contribution in [0.1, 0.15) is 32.0 Å². The van der Waals surface area contributed by atoms with Crippen LogP contribution >= 0.6 is 0 Å². The number of carbonyl (C=O) groups is 1. The first kappa shape index (κ1) is 21.2. The van der Waals surface area contributed by atoms with Crippen LogP contribution in [0.2, 0.25) is 0 Å². The van der Waals surface area contributed by atoms with Gasteiger partial charge in [0, 0.05) is 51.9 Å². The van der Waals surface area contributed by atoms with Gasteiger partial charge in [-0.05, 0) is 25.0 Å². The van der Waals surface area contributed by atoms with Crippen molar-refractivity contribution in [2.75, 3.05) is 31.6 Å². The highest BCUT2D eigenvalue weighted by molar-refractivity contribution is 5.78. The third-order valence-corrected chi connectivity index (χ3v) is 5.99. The molecule has 1 unspecified atom stereocenters. The summed E-state index contributed by atoms with van der Waals surface area (Å²) in [7, 11) is 1.77. The number of benzene rings is 1. The van der Waals surface area contributed by atoms with E-state index in [-0.39, 0.29) is 5.91 Å². The topological polar surface area (TPSA) is 87.4 Å². The van der Waals surface area contributed by atoms with E-state index in [2.05, 4.69) is 26.4 Å². The van der Waals surface area contributed by atoms with Gasteiger partial charge in [-0.3, -0.25) is 9.78 Å². The average Bonchev–Trinajstić information content (AvgIpc) is 3.15. The number of anilines is 1. The minimum atomic E-state index is -0.962. The summed E-state index contributed by atoms with van der Waals surface area (Å²) >= 11 is 0. The second kappa shape index (κ2) is 9.01. The molecule has 0 aliphatic carbocycles. The second-order valence-electron chi connectivity index (χ2n) is 8.33. The molecule has 8 heteroatoms. The van der Waals surface area contributed by atoms with Gasteiger partial charge >= 0.3 is 0 Å². The molecule has 1 N–H and O–H groups in total. The third kappa shape index (κ3) is 4.69. The van der Waals surface area contributed by atoms with E-state index in [0.717, 1.165) is 42.1 Å². The quantitative estimate of drug-likeness (QED) is 0.629. The lowest BCUT2D eigenvalue weighted by atomic mass is 9.92. The molecule has 2 aromatic heterocycles. The number of rotatable bonds is 7. The van der Waals surface area contributed by atoms with Gasteiger partial charge < -0.3 is 19.5 Å². The number of fused-ring (bicyclic) bond motifs is 1. The van der Waals surface area contributed by atoms with Gasteiger partial charge in [-0.25, -0.2) is 9.97 Å². The molecule has 8 nitrogen and oxygen atoms in total. The predicted molar refractivity (Wildman–Crippen MR) is 120 cm³/mol. The van der Waals surface area contributed by atoms with E-state index in [0.29, 0.717) is 32.5 Å². The molecule has 0 saturated carbocycles. The Hall–Kier alpha value is -3.00. The Balaban J connectivity index is 1.38. The lowest BCUT2D eigenvalue weighted by molar-refractivity contribution is -0.133. The number of piperidine rings is 1. The summed E-state index contributed by atoms with van der Waals surface area (Å²) in [6.45, 7) is 4.22. The second-order valence-corrected chi connectivity index (χ2v) is 8.33.